The molecule has 166 valence electrons. The summed E-state index contributed by atoms with van der Waals surface area (Å²) >= 11 is 0. The highest BCUT2D eigenvalue weighted by molar-refractivity contribution is 7.89. The third kappa shape index (κ3) is 6.16. The third-order valence-electron chi connectivity index (χ3n) is 4.57. The molecule has 0 spiro atoms. The van der Waals surface area contributed by atoms with E-state index in [0.29, 0.717) is 11.3 Å². The van der Waals surface area contributed by atoms with Gasteiger partial charge in [0.15, 0.2) is 0 Å². The van der Waals surface area contributed by atoms with Crippen LogP contribution in [-0.4, -0.2) is 27.3 Å². The van der Waals surface area contributed by atoms with Crippen LogP contribution in [0.4, 0.5) is 0 Å². The van der Waals surface area contributed by atoms with Gasteiger partial charge in [-0.2, -0.15) is 0 Å². The summed E-state index contributed by atoms with van der Waals surface area (Å²) in [4.78, 5) is 24.5. The Labute approximate surface area is 186 Å². The molecule has 0 aliphatic rings. The lowest BCUT2D eigenvalue weighted by Gasteiger charge is -2.11. The van der Waals surface area contributed by atoms with Crippen LogP contribution in [0.15, 0.2) is 83.8 Å². The molecule has 0 atom stereocenters. The first-order chi connectivity index (χ1) is 15.4. The molecule has 0 saturated carbocycles. The second kappa shape index (κ2) is 10.6. The molecule has 9 heteroatoms. The molecule has 32 heavy (non-hydrogen) atoms. The number of methoxy groups -OCH3 is 1. The van der Waals surface area contributed by atoms with Gasteiger partial charge < -0.3 is 4.74 Å². The molecular formula is C23H23N3O5S. The van der Waals surface area contributed by atoms with Gasteiger partial charge in [-0.3, -0.25) is 20.4 Å². The summed E-state index contributed by atoms with van der Waals surface area (Å²) in [6.45, 7) is 0.124. The average molecular weight is 454 g/mol. The molecule has 3 aromatic rings. The van der Waals surface area contributed by atoms with Crippen molar-refractivity contribution in [3.8, 4) is 5.75 Å². The lowest BCUT2D eigenvalue weighted by Crippen LogP contribution is -2.42. The fraction of sp³-hybridized carbons (Fsp3) is 0.130. The summed E-state index contributed by atoms with van der Waals surface area (Å²) in [5, 5.41) is 0. The number of nitrogens with one attached hydrogen (secondary N) is 3. The fourth-order valence-corrected chi connectivity index (χ4v) is 3.99. The number of para-hydroxylation sites is 1. The van der Waals surface area contributed by atoms with Gasteiger partial charge in [0.2, 0.25) is 15.9 Å². The Morgan fingerprint density at radius 1 is 0.875 bits per heavy atom. The van der Waals surface area contributed by atoms with Crippen LogP contribution in [-0.2, 0) is 27.8 Å². The Bertz CT molecular complexity index is 1200. The number of rotatable bonds is 8. The molecular weight excluding hydrogens is 430 g/mol. The van der Waals surface area contributed by atoms with Crippen molar-refractivity contribution in [2.75, 3.05) is 7.11 Å². The standard InChI is InChI=1S/C23H23N3O5S/c1-31-21-13-6-5-10-18(21)15-22(27)25-26-23(28)19-11-7-12-20(14-19)32(29,30)24-16-17-8-3-2-4-9-17/h2-14,24H,15-16H2,1H3,(H,25,27)(H,26,28). The first-order valence-electron chi connectivity index (χ1n) is 9.74. The first-order valence-corrected chi connectivity index (χ1v) is 11.2. The largest absolute Gasteiger partial charge is 0.496 e. The van der Waals surface area contributed by atoms with Gasteiger partial charge in [0, 0.05) is 17.7 Å². The summed E-state index contributed by atoms with van der Waals surface area (Å²) in [7, 11) is -2.32. The molecule has 3 aromatic carbocycles. The molecule has 0 unspecified atom stereocenters. The topological polar surface area (TPSA) is 114 Å². The molecule has 0 aromatic heterocycles. The van der Waals surface area contributed by atoms with Crippen LogP contribution in [0.25, 0.3) is 0 Å². The maximum Gasteiger partial charge on any atom is 0.269 e. The van der Waals surface area contributed by atoms with Crippen LogP contribution < -0.4 is 20.3 Å². The predicted octanol–water partition coefficient (Wildman–Crippen LogP) is 2.18. The van der Waals surface area contributed by atoms with E-state index < -0.39 is 21.8 Å². The third-order valence-corrected chi connectivity index (χ3v) is 5.97. The molecule has 8 nitrogen and oxygen atoms in total. The Morgan fingerprint density at radius 2 is 1.59 bits per heavy atom. The van der Waals surface area contributed by atoms with Crippen LogP contribution >= 0.6 is 0 Å². The van der Waals surface area contributed by atoms with Gasteiger partial charge >= 0.3 is 0 Å². The maximum absolute atomic E-state index is 12.6. The molecule has 3 N–H and O–H groups in total. The number of amides is 2. The van der Waals surface area contributed by atoms with Crippen LogP contribution in [0.1, 0.15) is 21.5 Å². The van der Waals surface area contributed by atoms with Crippen molar-refractivity contribution < 1.29 is 22.7 Å². The first kappa shape index (κ1) is 23.0. The van der Waals surface area contributed by atoms with Gasteiger partial charge in [-0.05, 0) is 29.8 Å². The minimum Gasteiger partial charge on any atom is -0.496 e. The number of carbonyl (C=O) groups excluding carboxylic acids is 2. The number of ether oxygens (including phenoxy) is 1. The van der Waals surface area contributed by atoms with Gasteiger partial charge in [0.1, 0.15) is 5.75 Å². The van der Waals surface area contributed by atoms with E-state index in [9.17, 15) is 18.0 Å². The molecule has 2 amide bonds. The van der Waals surface area contributed by atoms with Gasteiger partial charge in [0.05, 0.1) is 18.4 Å². The highest BCUT2D eigenvalue weighted by Crippen LogP contribution is 2.17. The second-order valence-electron chi connectivity index (χ2n) is 6.83. The van der Waals surface area contributed by atoms with E-state index in [-0.39, 0.29) is 23.4 Å². The van der Waals surface area contributed by atoms with Crippen LogP contribution in [0.5, 0.6) is 5.75 Å². The molecule has 0 fully saturated rings. The van der Waals surface area contributed by atoms with E-state index in [1.54, 1.807) is 36.4 Å². The Balaban J connectivity index is 1.60. The van der Waals surface area contributed by atoms with Crippen molar-refractivity contribution in [2.24, 2.45) is 0 Å². The van der Waals surface area contributed by atoms with E-state index >= 15 is 0 Å². The number of hydrogen-bond acceptors (Lipinski definition) is 5. The molecule has 3 rings (SSSR count). The Hall–Kier alpha value is -3.69. The van der Waals surface area contributed by atoms with Gasteiger partial charge in [0.25, 0.3) is 5.91 Å². The van der Waals surface area contributed by atoms with Crippen LogP contribution in [0.3, 0.4) is 0 Å². The predicted molar refractivity (Wildman–Crippen MR) is 119 cm³/mol. The lowest BCUT2D eigenvalue weighted by atomic mass is 10.1. The van der Waals surface area contributed by atoms with Gasteiger partial charge in [-0.15, -0.1) is 0 Å². The molecule has 0 radical (unpaired) electrons. The van der Waals surface area contributed by atoms with E-state index in [1.807, 2.05) is 18.2 Å². The van der Waals surface area contributed by atoms with E-state index in [0.717, 1.165) is 5.56 Å². The SMILES string of the molecule is COc1ccccc1CC(=O)NNC(=O)c1cccc(S(=O)(=O)NCc2ccccc2)c1. The quantitative estimate of drug-likeness (QED) is 0.453. The number of benzene rings is 3. The lowest BCUT2D eigenvalue weighted by molar-refractivity contribution is -0.121. The average Bonchev–Trinajstić information content (AvgIpc) is 2.82. The highest BCUT2D eigenvalue weighted by Gasteiger charge is 2.17. The van der Waals surface area contributed by atoms with Crippen molar-refractivity contribution in [1.29, 1.82) is 0 Å². The summed E-state index contributed by atoms with van der Waals surface area (Å²) < 4.78 is 32.9. The van der Waals surface area contributed by atoms with E-state index in [2.05, 4.69) is 15.6 Å². The number of carbonyl (C=O) groups is 2. The molecule has 0 aliphatic heterocycles. The highest BCUT2D eigenvalue weighted by atomic mass is 32.2. The van der Waals surface area contributed by atoms with E-state index in [1.165, 1.54) is 31.4 Å². The summed E-state index contributed by atoms with van der Waals surface area (Å²) in [6, 6.07) is 21.7. The Morgan fingerprint density at radius 3 is 2.34 bits per heavy atom. The number of sulfonamides is 1. The van der Waals surface area contributed by atoms with Crippen molar-refractivity contribution in [2.45, 2.75) is 17.9 Å². The van der Waals surface area contributed by atoms with Crippen LogP contribution in [0, 0.1) is 0 Å². The number of hydrogen-bond donors (Lipinski definition) is 3. The molecule has 0 bridgehead atoms. The molecule has 0 heterocycles. The summed E-state index contributed by atoms with van der Waals surface area (Å²) in [5.41, 5.74) is 6.19. The van der Waals surface area contributed by atoms with Gasteiger partial charge in [-0.25, -0.2) is 13.1 Å². The number of hydrazine groups is 1. The minimum absolute atomic E-state index is 0.00210. The van der Waals surface area contributed by atoms with Crippen LogP contribution in [0.2, 0.25) is 0 Å². The molecule has 0 aliphatic carbocycles. The zero-order valence-corrected chi connectivity index (χ0v) is 18.2. The van der Waals surface area contributed by atoms with E-state index in [4.69, 9.17) is 4.74 Å². The summed E-state index contributed by atoms with van der Waals surface area (Å²) in [5.74, 6) is -0.524. The normalized spacial score (nSPS) is 10.9. The van der Waals surface area contributed by atoms with Crippen molar-refractivity contribution in [1.82, 2.24) is 15.6 Å². The second-order valence-corrected chi connectivity index (χ2v) is 8.60. The minimum atomic E-state index is -3.83. The van der Waals surface area contributed by atoms with Crippen molar-refractivity contribution in [3.63, 3.8) is 0 Å². The zero-order valence-electron chi connectivity index (χ0n) is 17.4. The fourth-order valence-electron chi connectivity index (χ4n) is 2.93. The summed E-state index contributed by atoms with van der Waals surface area (Å²) in [6.07, 6.45) is 0.00210. The van der Waals surface area contributed by atoms with Crippen molar-refractivity contribution in [3.05, 3.63) is 95.6 Å². The van der Waals surface area contributed by atoms with Crippen molar-refractivity contribution >= 4 is 21.8 Å². The Kier molecular flexibility index (Phi) is 7.58. The smallest absolute Gasteiger partial charge is 0.269 e. The zero-order chi connectivity index (χ0) is 23.0. The maximum atomic E-state index is 12.6. The monoisotopic (exact) mass is 453 g/mol. The molecule has 0 saturated heterocycles. The van der Waals surface area contributed by atoms with Gasteiger partial charge in [-0.1, -0.05) is 54.6 Å².